The molecule has 0 aliphatic carbocycles. The van der Waals surface area contributed by atoms with Gasteiger partial charge in [0.05, 0.1) is 22.4 Å². The first-order valence-corrected chi connectivity index (χ1v) is 11.8. The van der Waals surface area contributed by atoms with Crippen LogP contribution in [-0.2, 0) is 16.2 Å². The first-order valence-electron chi connectivity index (χ1n) is 10.8. The minimum absolute atomic E-state index is 0.0780. The van der Waals surface area contributed by atoms with Gasteiger partial charge in [-0.25, -0.2) is 0 Å². The summed E-state index contributed by atoms with van der Waals surface area (Å²) in [6, 6.07) is 28.7. The number of carbonyl (C=O) groups excluding carboxylic acids is 2. The summed E-state index contributed by atoms with van der Waals surface area (Å²) in [5.41, 5.74) is 3.08. The van der Waals surface area contributed by atoms with Crippen molar-refractivity contribution in [3.8, 4) is 11.8 Å². The molecule has 2 amide bonds. The Morgan fingerprint density at radius 1 is 1.03 bits per heavy atom. The summed E-state index contributed by atoms with van der Waals surface area (Å²) in [5.74, 6) is 0.0232. The Bertz CT molecular complexity index is 1220. The van der Waals surface area contributed by atoms with Crippen LogP contribution in [0.4, 0.5) is 5.69 Å². The van der Waals surface area contributed by atoms with Gasteiger partial charge in [0.2, 0.25) is 11.8 Å². The van der Waals surface area contributed by atoms with Crippen molar-refractivity contribution in [2.75, 3.05) is 11.1 Å². The Morgan fingerprint density at radius 3 is 2.38 bits per heavy atom. The van der Waals surface area contributed by atoms with Crippen LogP contribution in [0, 0.1) is 11.3 Å². The van der Waals surface area contributed by atoms with Gasteiger partial charge in [0.25, 0.3) is 0 Å². The van der Waals surface area contributed by atoms with E-state index >= 15 is 0 Å². The Kier molecular flexibility index (Phi) is 7.63. The molecular formula is C27H23N3O3S. The third kappa shape index (κ3) is 6.06. The molecule has 2 N–H and O–H groups in total. The lowest BCUT2D eigenvalue weighted by Crippen LogP contribution is -2.31. The minimum atomic E-state index is -0.374. The van der Waals surface area contributed by atoms with Crippen LogP contribution in [0.1, 0.15) is 23.5 Å². The predicted octanol–water partition coefficient (Wildman–Crippen LogP) is 4.98. The van der Waals surface area contributed by atoms with Crippen LogP contribution in [-0.4, -0.2) is 17.6 Å². The van der Waals surface area contributed by atoms with Gasteiger partial charge in [-0.15, -0.1) is 0 Å². The summed E-state index contributed by atoms with van der Waals surface area (Å²) in [4.78, 5) is 24.7. The summed E-state index contributed by atoms with van der Waals surface area (Å²) >= 11 is 1.16. The molecule has 6 nitrogen and oxygen atoms in total. The van der Waals surface area contributed by atoms with E-state index in [0.29, 0.717) is 28.6 Å². The van der Waals surface area contributed by atoms with Gasteiger partial charge in [-0.1, -0.05) is 72.4 Å². The molecule has 34 heavy (non-hydrogen) atoms. The fraction of sp³-hybridized carbons (Fsp3) is 0.148. The van der Waals surface area contributed by atoms with Gasteiger partial charge < -0.3 is 15.4 Å². The standard InChI is InChI=1S/C27H23N3O3S/c28-16-24-23(20-11-13-22(14-12-20)33-17-19-7-3-1-4-8-19)15-25(31)30-27(24)34-18-26(32)29-21-9-5-2-6-10-21/h1-14,23H,15,17-18H2,(H,29,32)(H,30,31)/t23-/m0/s1. The molecular weight excluding hydrogens is 446 g/mol. The lowest BCUT2D eigenvalue weighted by Gasteiger charge is -2.25. The second-order valence-electron chi connectivity index (χ2n) is 7.71. The zero-order valence-corrected chi connectivity index (χ0v) is 19.2. The van der Waals surface area contributed by atoms with Gasteiger partial charge >= 0.3 is 0 Å². The van der Waals surface area contributed by atoms with E-state index in [-0.39, 0.29) is 29.9 Å². The number of hydrogen-bond donors (Lipinski definition) is 2. The van der Waals surface area contributed by atoms with Crippen LogP contribution >= 0.6 is 11.8 Å². The van der Waals surface area contributed by atoms with Crippen LogP contribution in [0.15, 0.2) is 95.5 Å². The smallest absolute Gasteiger partial charge is 0.234 e. The number of rotatable bonds is 8. The number of nitriles is 1. The van der Waals surface area contributed by atoms with Crippen molar-refractivity contribution in [1.29, 1.82) is 5.26 Å². The Balaban J connectivity index is 1.43. The molecule has 4 rings (SSSR count). The molecule has 1 aliphatic rings. The maximum atomic E-state index is 12.4. The molecule has 1 atom stereocenters. The van der Waals surface area contributed by atoms with Crippen molar-refractivity contribution < 1.29 is 14.3 Å². The molecule has 0 bridgehead atoms. The average Bonchev–Trinajstić information content (AvgIpc) is 2.87. The average molecular weight is 470 g/mol. The van der Waals surface area contributed by atoms with E-state index in [2.05, 4.69) is 16.7 Å². The van der Waals surface area contributed by atoms with Gasteiger partial charge in [0.1, 0.15) is 12.4 Å². The Morgan fingerprint density at radius 2 is 1.71 bits per heavy atom. The monoisotopic (exact) mass is 469 g/mol. The van der Waals surface area contributed by atoms with Crippen molar-refractivity contribution in [3.05, 3.63) is 107 Å². The van der Waals surface area contributed by atoms with Gasteiger partial charge in [-0.05, 0) is 35.4 Å². The summed E-state index contributed by atoms with van der Waals surface area (Å²) in [6.45, 7) is 0.460. The van der Waals surface area contributed by atoms with Crippen LogP contribution in [0.3, 0.4) is 0 Å². The fourth-order valence-corrected chi connectivity index (χ4v) is 4.49. The van der Waals surface area contributed by atoms with Gasteiger partial charge in [-0.2, -0.15) is 5.26 Å². The molecule has 0 unspecified atom stereocenters. The lowest BCUT2D eigenvalue weighted by molar-refractivity contribution is -0.121. The molecule has 7 heteroatoms. The van der Waals surface area contributed by atoms with Crippen LogP contribution in [0.2, 0.25) is 0 Å². The second-order valence-corrected chi connectivity index (χ2v) is 8.69. The molecule has 0 aromatic heterocycles. The van der Waals surface area contributed by atoms with Crippen molar-refractivity contribution in [2.24, 2.45) is 0 Å². The van der Waals surface area contributed by atoms with E-state index in [4.69, 9.17) is 4.74 Å². The largest absolute Gasteiger partial charge is 0.489 e. The van der Waals surface area contributed by atoms with E-state index in [0.717, 1.165) is 22.9 Å². The number of allylic oxidation sites excluding steroid dienone is 1. The third-order valence-corrected chi connectivity index (χ3v) is 6.31. The number of nitrogens with one attached hydrogen (secondary N) is 2. The van der Waals surface area contributed by atoms with Crippen molar-refractivity contribution >= 4 is 29.3 Å². The molecule has 0 saturated carbocycles. The van der Waals surface area contributed by atoms with E-state index in [1.807, 2.05) is 72.8 Å². The molecule has 0 saturated heterocycles. The summed E-state index contributed by atoms with van der Waals surface area (Å²) < 4.78 is 5.84. The highest BCUT2D eigenvalue weighted by atomic mass is 32.2. The summed E-state index contributed by atoms with van der Waals surface area (Å²) in [7, 11) is 0. The first-order chi connectivity index (χ1) is 16.6. The molecule has 0 spiro atoms. The summed E-state index contributed by atoms with van der Waals surface area (Å²) in [5, 5.41) is 15.8. The fourth-order valence-electron chi connectivity index (χ4n) is 3.61. The van der Waals surface area contributed by atoms with E-state index < -0.39 is 0 Å². The lowest BCUT2D eigenvalue weighted by atomic mass is 9.87. The molecule has 3 aromatic rings. The van der Waals surface area contributed by atoms with Gasteiger partial charge in [0.15, 0.2) is 0 Å². The van der Waals surface area contributed by atoms with Crippen molar-refractivity contribution in [3.63, 3.8) is 0 Å². The number of ether oxygens (including phenoxy) is 1. The number of amides is 2. The normalized spacial score (nSPS) is 15.3. The molecule has 170 valence electrons. The molecule has 1 aliphatic heterocycles. The topological polar surface area (TPSA) is 91.2 Å². The minimum Gasteiger partial charge on any atom is -0.489 e. The van der Waals surface area contributed by atoms with Gasteiger partial charge in [-0.3, -0.25) is 9.59 Å². The zero-order chi connectivity index (χ0) is 23.8. The maximum absolute atomic E-state index is 12.4. The highest BCUT2D eigenvalue weighted by Gasteiger charge is 2.30. The first kappa shape index (κ1) is 23.1. The van der Waals surface area contributed by atoms with Crippen LogP contribution < -0.4 is 15.4 Å². The Hall–Kier alpha value is -4.02. The number of nitrogens with zero attached hydrogens (tertiary/aromatic N) is 1. The molecule has 3 aromatic carbocycles. The van der Waals surface area contributed by atoms with E-state index in [9.17, 15) is 14.9 Å². The molecule has 0 fully saturated rings. The van der Waals surface area contributed by atoms with E-state index in [1.165, 1.54) is 0 Å². The second kappa shape index (κ2) is 11.2. The number of hydrogen-bond acceptors (Lipinski definition) is 5. The number of benzene rings is 3. The predicted molar refractivity (Wildman–Crippen MR) is 133 cm³/mol. The Labute approximate surface area is 202 Å². The third-order valence-electron chi connectivity index (χ3n) is 5.29. The summed E-state index contributed by atoms with van der Waals surface area (Å²) in [6.07, 6.45) is 0.174. The van der Waals surface area contributed by atoms with Crippen molar-refractivity contribution in [2.45, 2.75) is 18.9 Å². The molecule has 1 heterocycles. The number of thioether (sulfide) groups is 1. The zero-order valence-electron chi connectivity index (χ0n) is 18.4. The quantitative estimate of drug-likeness (QED) is 0.486. The SMILES string of the molecule is N#CC1=C(SCC(=O)Nc2ccccc2)NC(=O)C[C@H]1c1ccc(OCc2ccccc2)cc1. The molecule has 0 radical (unpaired) electrons. The highest BCUT2D eigenvalue weighted by Crippen LogP contribution is 2.36. The maximum Gasteiger partial charge on any atom is 0.234 e. The highest BCUT2D eigenvalue weighted by molar-refractivity contribution is 8.03. The van der Waals surface area contributed by atoms with E-state index in [1.54, 1.807) is 12.1 Å². The van der Waals surface area contributed by atoms with Crippen LogP contribution in [0.25, 0.3) is 0 Å². The van der Waals surface area contributed by atoms with Crippen molar-refractivity contribution in [1.82, 2.24) is 5.32 Å². The number of para-hydroxylation sites is 1. The number of anilines is 1. The van der Waals surface area contributed by atoms with Gasteiger partial charge in [0, 0.05) is 18.0 Å². The number of carbonyl (C=O) groups is 2. The van der Waals surface area contributed by atoms with Crippen LogP contribution in [0.5, 0.6) is 5.75 Å².